The van der Waals surface area contributed by atoms with Crippen LogP contribution < -0.4 is 0 Å². The smallest absolute Gasteiger partial charge is 0.223 e. The number of aliphatic hydroxyl groups excluding tert-OH is 1. The zero-order valence-electron chi connectivity index (χ0n) is 14.7. The molecule has 1 N–H and O–H groups in total. The molecule has 0 spiro atoms. The second-order valence-electron chi connectivity index (χ2n) is 6.83. The summed E-state index contributed by atoms with van der Waals surface area (Å²) in [5, 5.41) is 9.32. The second kappa shape index (κ2) is 8.82. The van der Waals surface area contributed by atoms with Crippen molar-refractivity contribution in [2.45, 2.75) is 44.1 Å². The Morgan fingerprint density at radius 3 is 2.16 bits per heavy atom. The summed E-state index contributed by atoms with van der Waals surface area (Å²) in [6.07, 6.45) is 4.39. The highest BCUT2D eigenvalue weighted by atomic mass is 16.3. The lowest BCUT2D eigenvalue weighted by molar-refractivity contribution is -0.135. The minimum absolute atomic E-state index is 0.0756. The van der Waals surface area contributed by atoms with Gasteiger partial charge in [-0.3, -0.25) is 4.79 Å². The first kappa shape index (κ1) is 17.7. The Kier molecular flexibility index (Phi) is 6.24. The number of amides is 1. The van der Waals surface area contributed by atoms with E-state index in [9.17, 15) is 9.90 Å². The van der Waals surface area contributed by atoms with Crippen molar-refractivity contribution in [1.82, 2.24) is 4.90 Å². The number of benzene rings is 2. The fraction of sp³-hybridized carbons (Fsp3) is 0.409. The molecule has 3 rings (SSSR count). The minimum atomic E-state index is 0.0756. The third-order valence-corrected chi connectivity index (χ3v) is 5.19. The maximum atomic E-state index is 13.1. The largest absolute Gasteiger partial charge is 0.396 e. The summed E-state index contributed by atoms with van der Waals surface area (Å²) in [6.45, 7) is 0.967. The molecule has 132 valence electrons. The zero-order chi connectivity index (χ0) is 17.5. The lowest BCUT2D eigenvalue weighted by Gasteiger charge is -2.36. The molecule has 0 aromatic heterocycles. The van der Waals surface area contributed by atoms with Crippen LogP contribution in [0.4, 0.5) is 0 Å². The van der Waals surface area contributed by atoms with Crippen molar-refractivity contribution in [1.29, 1.82) is 0 Å². The number of carbonyl (C=O) groups excluding carboxylic acids is 1. The second-order valence-corrected chi connectivity index (χ2v) is 6.83. The SMILES string of the molecule is O=C(CC(c1ccccc1)c1ccccc1)N1CCCCC1CCO. The van der Waals surface area contributed by atoms with E-state index in [1.54, 1.807) is 0 Å². The van der Waals surface area contributed by atoms with Crippen LogP contribution in [0.15, 0.2) is 60.7 Å². The molecule has 2 aromatic rings. The van der Waals surface area contributed by atoms with Gasteiger partial charge in [-0.05, 0) is 36.8 Å². The Balaban J connectivity index is 1.81. The number of aliphatic hydroxyl groups is 1. The van der Waals surface area contributed by atoms with E-state index < -0.39 is 0 Å². The fourth-order valence-electron chi connectivity index (χ4n) is 3.87. The molecule has 3 heteroatoms. The van der Waals surface area contributed by atoms with Gasteiger partial charge in [-0.15, -0.1) is 0 Å². The van der Waals surface area contributed by atoms with Crippen molar-refractivity contribution in [2.75, 3.05) is 13.2 Å². The number of hydrogen-bond acceptors (Lipinski definition) is 2. The Morgan fingerprint density at radius 2 is 1.60 bits per heavy atom. The molecule has 1 saturated heterocycles. The third kappa shape index (κ3) is 4.49. The number of carbonyl (C=O) groups is 1. The van der Waals surface area contributed by atoms with E-state index in [4.69, 9.17) is 0 Å². The molecule has 1 aliphatic heterocycles. The van der Waals surface area contributed by atoms with Crippen molar-refractivity contribution < 1.29 is 9.90 Å². The van der Waals surface area contributed by atoms with Gasteiger partial charge in [0, 0.05) is 31.5 Å². The van der Waals surface area contributed by atoms with Gasteiger partial charge in [0.2, 0.25) is 5.91 Å². The van der Waals surface area contributed by atoms with E-state index in [1.807, 2.05) is 41.3 Å². The monoisotopic (exact) mass is 337 g/mol. The van der Waals surface area contributed by atoms with E-state index in [2.05, 4.69) is 24.3 Å². The van der Waals surface area contributed by atoms with Crippen LogP contribution in [-0.2, 0) is 4.79 Å². The van der Waals surface area contributed by atoms with E-state index in [-0.39, 0.29) is 24.5 Å². The van der Waals surface area contributed by atoms with Crippen molar-refractivity contribution in [3.8, 4) is 0 Å². The molecule has 25 heavy (non-hydrogen) atoms. The van der Waals surface area contributed by atoms with Crippen molar-refractivity contribution in [3.05, 3.63) is 71.8 Å². The van der Waals surface area contributed by atoms with Crippen LogP contribution in [0.2, 0.25) is 0 Å². The highest BCUT2D eigenvalue weighted by Crippen LogP contribution is 2.30. The summed E-state index contributed by atoms with van der Waals surface area (Å²) in [7, 11) is 0. The number of hydrogen-bond donors (Lipinski definition) is 1. The van der Waals surface area contributed by atoms with Gasteiger partial charge in [0.05, 0.1) is 0 Å². The van der Waals surface area contributed by atoms with Gasteiger partial charge in [0.1, 0.15) is 0 Å². The van der Waals surface area contributed by atoms with Gasteiger partial charge < -0.3 is 10.0 Å². The van der Waals surface area contributed by atoms with Crippen LogP contribution in [0.25, 0.3) is 0 Å². The summed E-state index contributed by atoms with van der Waals surface area (Å²) in [6, 6.07) is 20.8. The van der Waals surface area contributed by atoms with Gasteiger partial charge in [-0.1, -0.05) is 60.7 Å². The van der Waals surface area contributed by atoms with Crippen LogP contribution in [0, 0.1) is 0 Å². The van der Waals surface area contributed by atoms with Crippen molar-refractivity contribution >= 4 is 5.91 Å². The van der Waals surface area contributed by atoms with E-state index in [0.717, 1.165) is 25.8 Å². The topological polar surface area (TPSA) is 40.5 Å². The summed E-state index contributed by atoms with van der Waals surface area (Å²) in [4.78, 5) is 15.1. The van der Waals surface area contributed by atoms with Gasteiger partial charge in [0.25, 0.3) is 0 Å². The highest BCUT2D eigenvalue weighted by Gasteiger charge is 2.28. The Hall–Kier alpha value is -2.13. The maximum absolute atomic E-state index is 13.1. The molecular formula is C22H27NO2. The molecule has 1 heterocycles. The van der Waals surface area contributed by atoms with Gasteiger partial charge in [-0.25, -0.2) is 0 Å². The molecule has 1 fully saturated rings. The molecule has 0 aliphatic carbocycles. The van der Waals surface area contributed by atoms with Crippen LogP contribution >= 0.6 is 0 Å². The Labute approximate surface area is 150 Å². The fourth-order valence-corrected chi connectivity index (χ4v) is 3.87. The molecule has 3 nitrogen and oxygen atoms in total. The average molecular weight is 337 g/mol. The normalized spacial score (nSPS) is 17.7. The summed E-state index contributed by atoms with van der Waals surface area (Å²) in [5.74, 6) is 0.280. The van der Waals surface area contributed by atoms with Gasteiger partial charge in [0.15, 0.2) is 0 Å². The van der Waals surface area contributed by atoms with Crippen LogP contribution in [0.3, 0.4) is 0 Å². The predicted octanol–water partition coefficient (Wildman–Crippen LogP) is 3.97. The Morgan fingerprint density at radius 1 is 1.00 bits per heavy atom. The minimum Gasteiger partial charge on any atom is -0.396 e. The van der Waals surface area contributed by atoms with Crippen LogP contribution in [0.5, 0.6) is 0 Å². The van der Waals surface area contributed by atoms with Crippen LogP contribution in [-0.4, -0.2) is 35.1 Å². The Bertz CT molecular complexity index is 615. The first-order chi connectivity index (χ1) is 12.3. The number of likely N-dealkylation sites (tertiary alicyclic amines) is 1. The molecule has 0 radical (unpaired) electrons. The molecule has 1 aliphatic rings. The molecule has 1 unspecified atom stereocenters. The zero-order valence-corrected chi connectivity index (χ0v) is 14.7. The number of piperidine rings is 1. The van der Waals surface area contributed by atoms with Gasteiger partial charge >= 0.3 is 0 Å². The highest BCUT2D eigenvalue weighted by molar-refractivity contribution is 5.78. The number of nitrogens with zero attached hydrogens (tertiary/aromatic N) is 1. The first-order valence-corrected chi connectivity index (χ1v) is 9.30. The summed E-state index contributed by atoms with van der Waals surface area (Å²) < 4.78 is 0. The van der Waals surface area contributed by atoms with E-state index in [1.165, 1.54) is 11.1 Å². The van der Waals surface area contributed by atoms with E-state index in [0.29, 0.717) is 12.8 Å². The summed E-state index contributed by atoms with van der Waals surface area (Å²) in [5.41, 5.74) is 2.36. The molecule has 0 bridgehead atoms. The van der Waals surface area contributed by atoms with Crippen molar-refractivity contribution in [3.63, 3.8) is 0 Å². The quantitative estimate of drug-likeness (QED) is 0.866. The predicted molar refractivity (Wildman–Crippen MR) is 100 cm³/mol. The standard InChI is InChI=1S/C22H27NO2/c24-16-14-20-13-7-8-15-23(20)22(25)17-21(18-9-3-1-4-10-18)19-11-5-2-6-12-19/h1-6,9-12,20-21,24H,7-8,13-17H2. The molecule has 1 amide bonds. The third-order valence-electron chi connectivity index (χ3n) is 5.19. The molecule has 1 atom stereocenters. The van der Waals surface area contributed by atoms with Crippen LogP contribution in [0.1, 0.15) is 49.1 Å². The lowest BCUT2D eigenvalue weighted by Crippen LogP contribution is -2.44. The number of rotatable bonds is 6. The maximum Gasteiger partial charge on any atom is 0.223 e. The summed E-state index contributed by atoms with van der Waals surface area (Å²) >= 11 is 0. The average Bonchev–Trinajstić information content (AvgIpc) is 2.68. The lowest BCUT2D eigenvalue weighted by atomic mass is 9.87. The van der Waals surface area contributed by atoms with Crippen molar-refractivity contribution in [2.24, 2.45) is 0 Å². The van der Waals surface area contributed by atoms with E-state index >= 15 is 0 Å². The van der Waals surface area contributed by atoms with Gasteiger partial charge in [-0.2, -0.15) is 0 Å². The first-order valence-electron chi connectivity index (χ1n) is 9.30. The molecule has 0 saturated carbocycles. The molecule has 2 aromatic carbocycles. The molecular weight excluding hydrogens is 310 g/mol.